The Bertz CT molecular complexity index is 902. The minimum Gasteiger partial charge on any atom is -0.329 e. The van der Waals surface area contributed by atoms with Crippen LogP contribution in [0.25, 0.3) is 0 Å². The molecule has 29 heavy (non-hydrogen) atoms. The average molecular weight is 408 g/mol. The van der Waals surface area contributed by atoms with Crippen LogP contribution < -0.4 is 10.7 Å². The van der Waals surface area contributed by atoms with Crippen LogP contribution in [0.4, 0.5) is 10.1 Å². The fraction of sp³-hybridized carbons (Fsp3) is 0.417. The van der Waals surface area contributed by atoms with E-state index < -0.39 is 0 Å². The first-order chi connectivity index (χ1) is 14.1. The largest absolute Gasteiger partial charge is 0.329 e. The third-order valence-electron chi connectivity index (χ3n) is 7.06. The lowest BCUT2D eigenvalue weighted by Crippen LogP contribution is -2.48. The molecule has 4 saturated carbocycles. The zero-order chi connectivity index (χ0) is 19.8. The summed E-state index contributed by atoms with van der Waals surface area (Å²) in [6.45, 7) is 0. The third kappa shape index (κ3) is 3.80. The van der Waals surface area contributed by atoms with E-state index in [1.165, 1.54) is 50.2 Å². The minimum atomic E-state index is -0.346. The van der Waals surface area contributed by atoms with E-state index in [2.05, 4.69) is 40.1 Å². The van der Waals surface area contributed by atoms with Gasteiger partial charge in [0.25, 0.3) is 0 Å². The Labute approximate surface area is 176 Å². The summed E-state index contributed by atoms with van der Waals surface area (Å²) in [5, 5.41) is 7.26. The number of hydrazone groups is 1. The lowest BCUT2D eigenvalue weighted by Gasteiger charge is -2.57. The van der Waals surface area contributed by atoms with Gasteiger partial charge in [0, 0.05) is 0 Å². The van der Waals surface area contributed by atoms with Gasteiger partial charge in [-0.05, 0) is 97.2 Å². The molecule has 2 N–H and O–H groups in total. The molecule has 2 aromatic carbocycles. The monoisotopic (exact) mass is 407 g/mol. The molecule has 3 nitrogen and oxygen atoms in total. The van der Waals surface area contributed by atoms with Crippen molar-refractivity contribution in [2.45, 2.75) is 43.9 Å². The molecule has 150 valence electrons. The molecule has 0 aliphatic heterocycles. The lowest BCUT2D eigenvalue weighted by molar-refractivity contribution is -0.00518. The lowest BCUT2D eigenvalue weighted by atomic mass is 9.48. The van der Waals surface area contributed by atoms with Crippen LogP contribution in [0.2, 0.25) is 0 Å². The van der Waals surface area contributed by atoms with Gasteiger partial charge in [-0.3, -0.25) is 5.43 Å². The Morgan fingerprint density at radius 1 is 0.966 bits per heavy atom. The summed E-state index contributed by atoms with van der Waals surface area (Å²) in [7, 11) is 0. The molecule has 0 amide bonds. The molecule has 2 aromatic rings. The molecule has 4 aliphatic carbocycles. The molecular weight excluding hydrogens is 381 g/mol. The second-order valence-corrected chi connectivity index (χ2v) is 9.53. The molecular formula is C24H26FN3S. The van der Waals surface area contributed by atoms with Crippen LogP contribution in [0.5, 0.6) is 0 Å². The van der Waals surface area contributed by atoms with Crippen molar-refractivity contribution in [2.24, 2.45) is 22.9 Å². The summed E-state index contributed by atoms with van der Waals surface area (Å²) in [6, 6.07) is 15.3. The minimum absolute atomic E-state index is 0.261. The maximum atomic E-state index is 13.7. The van der Waals surface area contributed by atoms with Gasteiger partial charge in [0.1, 0.15) is 5.82 Å². The average Bonchev–Trinajstić information content (AvgIpc) is 2.69. The van der Waals surface area contributed by atoms with Crippen molar-refractivity contribution in [2.75, 3.05) is 5.32 Å². The summed E-state index contributed by atoms with van der Waals surface area (Å²) >= 11 is 5.18. The van der Waals surface area contributed by atoms with Crippen molar-refractivity contribution in [1.82, 2.24) is 5.43 Å². The predicted molar refractivity (Wildman–Crippen MR) is 120 cm³/mol. The quantitative estimate of drug-likeness (QED) is 0.393. The molecule has 0 atom stereocenters. The van der Waals surface area contributed by atoms with Crippen LogP contribution in [0.15, 0.2) is 53.6 Å². The second-order valence-electron chi connectivity index (χ2n) is 9.12. The number of para-hydroxylation sites is 1. The highest BCUT2D eigenvalue weighted by molar-refractivity contribution is 7.80. The van der Waals surface area contributed by atoms with Crippen LogP contribution >= 0.6 is 12.2 Å². The fourth-order valence-electron chi connectivity index (χ4n) is 6.27. The summed E-state index contributed by atoms with van der Waals surface area (Å²) in [6.07, 6.45) is 10.3. The summed E-state index contributed by atoms with van der Waals surface area (Å²) in [5.41, 5.74) is 6.05. The fourth-order valence-corrected chi connectivity index (χ4v) is 6.43. The Hall–Kier alpha value is -2.27. The van der Waals surface area contributed by atoms with Gasteiger partial charge in [-0.25, -0.2) is 4.39 Å². The van der Waals surface area contributed by atoms with Crippen LogP contribution in [-0.2, 0) is 5.41 Å². The molecule has 5 heteroatoms. The first-order valence-corrected chi connectivity index (χ1v) is 11.0. The number of rotatable bonds is 4. The molecule has 0 spiro atoms. The summed E-state index contributed by atoms with van der Waals surface area (Å²) in [4.78, 5) is 0. The predicted octanol–water partition coefficient (Wildman–Crippen LogP) is 5.61. The highest BCUT2D eigenvalue weighted by Gasteiger charge is 2.51. The smallest absolute Gasteiger partial charge is 0.191 e. The maximum absolute atomic E-state index is 13.7. The van der Waals surface area contributed by atoms with Crippen molar-refractivity contribution in [1.29, 1.82) is 0 Å². The standard InChI is InChI=1S/C24H26FN3S/c25-21-3-1-2-4-22(21)27-23(29)28-26-15-16-5-7-20(8-6-16)24-12-17-9-18(13-24)11-19(10-17)14-24/h1-8,15,17-19H,9-14H2,(H2,27,28,29). The van der Waals surface area contributed by atoms with E-state index in [1.807, 2.05) is 0 Å². The van der Waals surface area contributed by atoms with Crippen molar-refractivity contribution in [3.63, 3.8) is 0 Å². The van der Waals surface area contributed by atoms with Crippen LogP contribution in [-0.4, -0.2) is 11.3 Å². The van der Waals surface area contributed by atoms with Gasteiger partial charge in [-0.15, -0.1) is 0 Å². The van der Waals surface area contributed by atoms with Gasteiger partial charge in [-0.1, -0.05) is 36.4 Å². The van der Waals surface area contributed by atoms with Crippen molar-refractivity contribution in [3.8, 4) is 0 Å². The number of nitrogens with one attached hydrogen (secondary N) is 2. The van der Waals surface area contributed by atoms with E-state index in [-0.39, 0.29) is 10.9 Å². The summed E-state index contributed by atoms with van der Waals surface area (Å²) < 4.78 is 13.7. The van der Waals surface area contributed by atoms with Gasteiger partial charge >= 0.3 is 0 Å². The first kappa shape index (κ1) is 18.7. The number of benzene rings is 2. The van der Waals surface area contributed by atoms with Gasteiger partial charge in [0.2, 0.25) is 0 Å². The molecule has 0 unspecified atom stereocenters. The number of hydrogen-bond acceptors (Lipinski definition) is 2. The van der Waals surface area contributed by atoms with E-state index in [4.69, 9.17) is 12.2 Å². The van der Waals surface area contributed by atoms with E-state index in [0.717, 1.165) is 23.3 Å². The van der Waals surface area contributed by atoms with Crippen molar-refractivity contribution < 1.29 is 4.39 Å². The molecule has 4 bridgehead atoms. The van der Waals surface area contributed by atoms with Crippen LogP contribution in [0, 0.1) is 23.6 Å². The van der Waals surface area contributed by atoms with Crippen LogP contribution in [0.3, 0.4) is 0 Å². The summed E-state index contributed by atoms with van der Waals surface area (Å²) in [5.74, 6) is 2.51. The second kappa shape index (κ2) is 7.52. The third-order valence-corrected chi connectivity index (χ3v) is 7.26. The van der Waals surface area contributed by atoms with Gasteiger partial charge < -0.3 is 5.32 Å². The first-order valence-electron chi connectivity index (χ1n) is 10.5. The number of anilines is 1. The normalized spacial score (nSPS) is 29.9. The molecule has 0 saturated heterocycles. The molecule has 6 rings (SSSR count). The Balaban J connectivity index is 1.21. The number of thiocarbonyl (C=S) groups is 1. The zero-order valence-corrected chi connectivity index (χ0v) is 17.2. The molecule has 0 heterocycles. The van der Waals surface area contributed by atoms with E-state index >= 15 is 0 Å². The molecule has 4 aliphatic rings. The highest BCUT2D eigenvalue weighted by Crippen LogP contribution is 2.60. The topological polar surface area (TPSA) is 36.4 Å². The van der Waals surface area contributed by atoms with Crippen molar-refractivity contribution in [3.05, 3.63) is 65.5 Å². The Morgan fingerprint density at radius 2 is 1.59 bits per heavy atom. The maximum Gasteiger partial charge on any atom is 0.191 e. The number of halogens is 1. The van der Waals surface area contributed by atoms with Crippen LogP contribution in [0.1, 0.15) is 49.7 Å². The number of hydrogen-bond donors (Lipinski definition) is 2. The SMILES string of the molecule is Fc1ccccc1NC(=S)NN=Cc1ccc(C23CC4CC(CC(C4)C2)C3)cc1. The van der Waals surface area contributed by atoms with E-state index in [1.54, 1.807) is 24.4 Å². The van der Waals surface area contributed by atoms with E-state index in [0.29, 0.717) is 11.1 Å². The molecule has 0 radical (unpaired) electrons. The Kier molecular flexibility index (Phi) is 4.86. The molecule has 0 aromatic heterocycles. The van der Waals surface area contributed by atoms with E-state index in [9.17, 15) is 4.39 Å². The van der Waals surface area contributed by atoms with Gasteiger partial charge in [-0.2, -0.15) is 5.10 Å². The molecule has 4 fully saturated rings. The van der Waals surface area contributed by atoms with Gasteiger partial charge in [0.15, 0.2) is 5.11 Å². The Morgan fingerprint density at radius 3 is 2.21 bits per heavy atom. The number of nitrogens with zero attached hydrogens (tertiary/aromatic N) is 1. The highest BCUT2D eigenvalue weighted by atomic mass is 32.1. The van der Waals surface area contributed by atoms with Gasteiger partial charge in [0.05, 0.1) is 11.9 Å². The van der Waals surface area contributed by atoms with Crippen molar-refractivity contribution >= 4 is 29.2 Å². The zero-order valence-electron chi connectivity index (χ0n) is 16.4.